The summed E-state index contributed by atoms with van der Waals surface area (Å²) in [6.45, 7) is 0. The highest BCUT2D eigenvalue weighted by Crippen LogP contribution is 2.41. The summed E-state index contributed by atoms with van der Waals surface area (Å²) in [6.07, 6.45) is -0.489. The Morgan fingerprint density at radius 1 is 0.862 bits per heavy atom. The van der Waals surface area contributed by atoms with E-state index in [9.17, 15) is 9.90 Å². The summed E-state index contributed by atoms with van der Waals surface area (Å²) in [7, 11) is 1.41. The van der Waals surface area contributed by atoms with Gasteiger partial charge in [-0.05, 0) is 16.7 Å². The molecule has 0 aliphatic heterocycles. The number of methoxy groups -OCH3 is 1. The lowest BCUT2D eigenvalue weighted by Gasteiger charge is -2.31. The standard InChI is InChI=1S/C25H26O3S/c1-28-23(26)17-22(20-13-7-3-8-14-20)25(24(27)21-15-9-4-10-16-21)29-18-19-11-5-2-6-12-19/h2-16,22,24-25,27H,17-18H2,1H3/t22-,24+,25+/m0/s1. The van der Waals surface area contributed by atoms with Crippen LogP contribution in [0.5, 0.6) is 0 Å². The first kappa shape index (κ1) is 21.2. The lowest BCUT2D eigenvalue weighted by molar-refractivity contribution is -0.141. The Morgan fingerprint density at radius 2 is 1.38 bits per heavy atom. The van der Waals surface area contributed by atoms with Gasteiger partial charge in [0.15, 0.2) is 0 Å². The predicted octanol–water partition coefficient (Wildman–Crippen LogP) is 5.37. The summed E-state index contributed by atoms with van der Waals surface area (Å²) in [5, 5.41) is 11.1. The van der Waals surface area contributed by atoms with Gasteiger partial charge in [0.05, 0.1) is 19.6 Å². The van der Waals surface area contributed by atoms with Crippen LogP contribution in [0.2, 0.25) is 0 Å². The van der Waals surface area contributed by atoms with Crippen LogP contribution in [0.1, 0.15) is 35.1 Å². The van der Waals surface area contributed by atoms with Crippen molar-refractivity contribution in [3.8, 4) is 0 Å². The van der Waals surface area contributed by atoms with Crippen LogP contribution in [0, 0.1) is 0 Å². The molecule has 4 heteroatoms. The third-order valence-corrected chi connectivity index (χ3v) is 6.45. The van der Waals surface area contributed by atoms with Gasteiger partial charge in [0, 0.05) is 16.9 Å². The number of carbonyl (C=O) groups is 1. The Labute approximate surface area is 176 Å². The average molecular weight is 407 g/mol. The van der Waals surface area contributed by atoms with E-state index in [0.717, 1.165) is 16.9 Å². The third-order valence-electron chi connectivity index (χ3n) is 4.98. The Kier molecular flexibility index (Phi) is 7.91. The number of thioether (sulfide) groups is 1. The number of benzene rings is 3. The van der Waals surface area contributed by atoms with Gasteiger partial charge in [-0.1, -0.05) is 91.0 Å². The predicted molar refractivity (Wildman–Crippen MR) is 119 cm³/mol. The van der Waals surface area contributed by atoms with Crippen LogP contribution in [0.25, 0.3) is 0 Å². The molecule has 0 spiro atoms. The fourth-order valence-electron chi connectivity index (χ4n) is 3.42. The van der Waals surface area contributed by atoms with Crippen molar-refractivity contribution in [3.05, 3.63) is 108 Å². The molecule has 3 aromatic rings. The fourth-order valence-corrected chi connectivity index (χ4v) is 4.82. The highest BCUT2D eigenvalue weighted by molar-refractivity contribution is 7.99. The van der Waals surface area contributed by atoms with E-state index in [-0.39, 0.29) is 23.6 Å². The number of ether oxygens (including phenoxy) is 1. The van der Waals surface area contributed by atoms with Gasteiger partial charge in [-0.25, -0.2) is 0 Å². The van der Waals surface area contributed by atoms with Crippen molar-refractivity contribution in [3.63, 3.8) is 0 Å². The molecule has 0 saturated heterocycles. The van der Waals surface area contributed by atoms with Crippen molar-refractivity contribution in [1.29, 1.82) is 0 Å². The molecule has 150 valence electrons. The normalized spacial score (nSPS) is 14.0. The molecule has 0 aliphatic rings. The van der Waals surface area contributed by atoms with Crippen LogP contribution in [0.4, 0.5) is 0 Å². The monoisotopic (exact) mass is 406 g/mol. The zero-order valence-corrected chi connectivity index (χ0v) is 17.3. The van der Waals surface area contributed by atoms with E-state index in [4.69, 9.17) is 4.74 Å². The molecule has 0 aliphatic carbocycles. The van der Waals surface area contributed by atoms with E-state index in [1.54, 1.807) is 11.8 Å². The molecule has 0 heterocycles. The molecule has 3 rings (SSSR count). The van der Waals surface area contributed by atoms with Crippen molar-refractivity contribution in [2.24, 2.45) is 0 Å². The Hall–Kier alpha value is -2.56. The molecule has 0 radical (unpaired) electrons. The summed E-state index contributed by atoms with van der Waals surface area (Å²) >= 11 is 1.68. The number of carbonyl (C=O) groups excluding carboxylic acids is 1. The zero-order valence-electron chi connectivity index (χ0n) is 16.5. The first-order valence-corrected chi connectivity index (χ1v) is 10.7. The maximum Gasteiger partial charge on any atom is 0.306 e. The fraction of sp³-hybridized carbons (Fsp3) is 0.240. The minimum absolute atomic E-state index is 0.174. The molecular weight excluding hydrogens is 380 g/mol. The lowest BCUT2D eigenvalue weighted by Crippen LogP contribution is -2.26. The maximum absolute atomic E-state index is 12.2. The van der Waals surface area contributed by atoms with Gasteiger partial charge in [0.1, 0.15) is 0 Å². The average Bonchev–Trinajstić information content (AvgIpc) is 2.80. The van der Waals surface area contributed by atoms with Crippen LogP contribution >= 0.6 is 11.8 Å². The van der Waals surface area contributed by atoms with Crippen molar-refractivity contribution >= 4 is 17.7 Å². The van der Waals surface area contributed by atoms with Crippen LogP contribution in [0.15, 0.2) is 91.0 Å². The second kappa shape index (κ2) is 10.8. The van der Waals surface area contributed by atoms with E-state index in [2.05, 4.69) is 12.1 Å². The minimum atomic E-state index is -0.709. The van der Waals surface area contributed by atoms with E-state index >= 15 is 0 Å². The molecule has 0 saturated carbocycles. The van der Waals surface area contributed by atoms with Crippen molar-refractivity contribution in [1.82, 2.24) is 0 Å². The maximum atomic E-state index is 12.2. The Morgan fingerprint density at radius 3 is 1.93 bits per heavy atom. The summed E-state index contributed by atoms with van der Waals surface area (Å²) in [5.41, 5.74) is 3.06. The summed E-state index contributed by atoms with van der Waals surface area (Å²) < 4.78 is 4.97. The van der Waals surface area contributed by atoms with Gasteiger partial charge in [0.25, 0.3) is 0 Å². The zero-order chi connectivity index (χ0) is 20.5. The number of aliphatic hydroxyl groups is 1. The molecule has 29 heavy (non-hydrogen) atoms. The molecule has 1 N–H and O–H groups in total. The molecule has 3 aromatic carbocycles. The molecule has 0 amide bonds. The summed E-state index contributed by atoms with van der Waals surface area (Å²) in [5.74, 6) is 0.303. The summed E-state index contributed by atoms with van der Waals surface area (Å²) in [4.78, 5) is 12.2. The smallest absolute Gasteiger partial charge is 0.306 e. The van der Waals surface area contributed by atoms with Crippen LogP contribution in [-0.2, 0) is 15.3 Å². The minimum Gasteiger partial charge on any atom is -0.469 e. The van der Waals surface area contributed by atoms with Crippen molar-refractivity contribution in [2.45, 2.75) is 29.4 Å². The molecule has 0 unspecified atom stereocenters. The first-order valence-electron chi connectivity index (χ1n) is 9.69. The molecular formula is C25H26O3S. The summed E-state index contributed by atoms with van der Waals surface area (Å²) in [6, 6.07) is 29.8. The second-order valence-corrected chi connectivity index (χ2v) is 8.08. The van der Waals surface area contributed by atoms with Crippen LogP contribution < -0.4 is 0 Å². The van der Waals surface area contributed by atoms with E-state index in [1.807, 2.05) is 78.9 Å². The van der Waals surface area contributed by atoms with E-state index in [1.165, 1.54) is 12.7 Å². The number of rotatable bonds is 9. The number of esters is 1. The van der Waals surface area contributed by atoms with Crippen molar-refractivity contribution in [2.75, 3.05) is 7.11 Å². The molecule has 0 fully saturated rings. The van der Waals surface area contributed by atoms with Crippen LogP contribution in [0.3, 0.4) is 0 Å². The number of hydrogen-bond acceptors (Lipinski definition) is 4. The Bertz CT molecular complexity index is 868. The number of aliphatic hydroxyl groups excluding tert-OH is 1. The first-order chi connectivity index (χ1) is 14.2. The van der Waals surface area contributed by atoms with Gasteiger partial charge >= 0.3 is 5.97 Å². The highest BCUT2D eigenvalue weighted by atomic mass is 32.2. The Balaban J connectivity index is 1.94. The molecule has 0 bridgehead atoms. The van der Waals surface area contributed by atoms with E-state index in [0.29, 0.717) is 0 Å². The largest absolute Gasteiger partial charge is 0.469 e. The van der Waals surface area contributed by atoms with Crippen LogP contribution in [-0.4, -0.2) is 23.4 Å². The number of hydrogen-bond donors (Lipinski definition) is 1. The van der Waals surface area contributed by atoms with Gasteiger partial charge < -0.3 is 9.84 Å². The van der Waals surface area contributed by atoms with Gasteiger partial charge in [-0.3, -0.25) is 4.79 Å². The van der Waals surface area contributed by atoms with Gasteiger partial charge in [-0.2, -0.15) is 11.8 Å². The molecule has 0 aromatic heterocycles. The second-order valence-electron chi connectivity index (χ2n) is 6.91. The quantitative estimate of drug-likeness (QED) is 0.485. The molecule has 3 atom stereocenters. The molecule has 3 nitrogen and oxygen atoms in total. The van der Waals surface area contributed by atoms with Gasteiger partial charge in [-0.15, -0.1) is 0 Å². The highest BCUT2D eigenvalue weighted by Gasteiger charge is 2.33. The topological polar surface area (TPSA) is 46.5 Å². The third kappa shape index (κ3) is 5.96. The SMILES string of the molecule is COC(=O)C[C@@H](c1ccccc1)[C@@H](SCc1ccccc1)[C@H](O)c1ccccc1. The van der Waals surface area contributed by atoms with Crippen molar-refractivity contribution < 1.29 is 14.6 Å². The van der Waals surface area contributed by atoms with E-state index < -0.39 is 6.10 Å². The van der Waals surface area contributed by atoms with Gasteiger partial charge in [0.2, 0.25) is 0 Å². The lowest BCUT2D eigenvalue weighted by atomic mass is 9.87.